The van der Waals surface area contributed by atoms with Gasteiger partial charge in [0.2, 0.25) is 5.91 Å². The van der Waals surface area contributed by atoms with Crippen LogP contribution in [0, 0.1) is 12.8 Å². The molecule has 0 aliphatic carbocycles. The van der Waals surface area contributed by atoms with Gasteiger partial charge in [-0.2, -0.15) is 0 Å². The number of nitrogens with one attached hydrogen (secondary N) is 1. The zero-order valence-electron chi connectivity index (χ0n) is 15.0. The Balaban J connectivity index is 1.43. The summed E-state index contributed by atoms with van der Waals surface area (Å²) in [4.78, 5) is 26.3. The normalized spacial score (nSPS) is 15.3. The van der Waals surface area contributed by atoms with Crippen LogP contribution in [0.5, 0.6) is 0 Å². The van der Waals surface area contributed by atoms with Crippen molar-refractivity contribution in [3.8, 4) is 0 Å². The molecule has 0 saturated carbocycles. The Labute approximate surface area is 153 Å². The lowest BCUT2D eigenvalue weighted by Crippen LogP contribution is -2.41. The Morgan fingerprint density at radius 3 is 2.65 bits per heavy atom. The summed E-state index contributed by atoms with van der Waals surface area (Å²) in [7, 11) is 0. The summed E-state index contributed by atoms with van der Waals surface area (Å²) in [5.74, 6) is 1.06. The molecule has 5 heteroatoms. The van der Waals surface area contributed by atoms with Gasteiger partial charge in [-0.3, -0.25) is 9.59 Å². The van der Waals surface area contributed by atoms with Gasteiger partial charge in [-0.05, 0) is 55.5 Å². The zero-order chi connectivity index (χ0) is 18.4. The second kappa shape index (κ2) is 8.52. The number of piperidine rings is 1. The average Bonchev–Trinajstić information content (AvgIpc) is 3.18. The molecule has 1 aliphatic rings. The Kier molecular flexibility index (Phi) is 5.89. The van der Waals surface area contributed by atoms with Gasteiger partial charge >= 0.3 is 0 Å². The largest absolute Gasteiger partial charge is 0.465 e. The van der Waals surface area contributed by atoms with Crippen molar-refractivity contribution in [1.29, 1.82) is 0 Å². The van der Waals surface area contributed by atoms with E-state index < -0.39 is 0 Å². The van der Waals surface area contributed by atoms with Crippen molar-refractivity contribution in [3.05, 3.63) is 65.6 Å². The van der Waals surface area contributed by atoms with Gasteiger partial charge in [0.25, 0.3) is 5.91 Å². The first-order valence-electron chi connectivity index (χ1n) is 8.98. The second-order valence-electron chi connectivity index (χ2n) is 6.64. The molecule has 26 heavy (non-hydrogen) atoms. The minimum atomic E-state index is -0.0250. The molecule has 0 radical (unpaired) electrons. The van der Waals surface area contributed by atoms with Crippen molar-refractivity contribution in [2.75, 3.05) is 19.6 Å². The van der Waals surface area contributed by atoms with Gasteiger partial charge in [0.05, 0.1) is 6.26 Å². The van der Waals surface area contributed by atoms with Gasteiger partial charge in [0.1, 0.15) is 5.76 Å². The molecule has 2 amide bonds. The lowest BCUT2D eigenvalue weighted by molar-refractivity contribution is -0.127. The SMILES string of the molecule is Cc1ccccc1C(=O)NCC1CCN(C(=O)/C=C/c2ccco2)CC1. The number of likely N-dealkylation sites (tertiary alicyclic amines) is 1. The molecule has 0 unspecified atom stereocenters. The number of nitrogens with zero attached hydrogens (tertiary/aromatic N) is 1. The van der Waals surface area contributed by atoms with Crippen LogP contribution in [0.4, 0.5) is 0 Å². The molecule has 0 atom stereocenters. The molecule has 0 spiro atoms. The minimum absolute atomic E-state index is 0.00351. The number of hydrogen-bond acceptors (Lipinski definition) is 3. The number of rotatable bonds is 5. The third kappa shape index (κ3) is 4.63. The Hall–Kier alpha value is -2.82. The molecule has 0 bridgehead atoms. The summed E-state index contributed by atoms with van der Waals surface area (Å²) in [6.45, 7) is 4.02. The molecule has 2 heterocycles. The van der Waals surface area contributed by atoms with E-state index in [0.717, 1.165) is 24.0 Å². The Morgan fingerprint density at radius 1 is 1.19 bits per heavy atom. The van der Waals surface area contributed by atoms with E-state index in [1.807, 2.05) is 42.2 Å². The van der Waals surface area contributed by atoms with Crippen molar-refractivity contribution in [3.63, 3.8) is 0 Å². The molecular formula is C21H24N2O3. The molecule has 3 rings (SSSR count). The van der Waals surface area contributed by atoms with Gasteiger partial charge in [-0.1, -0.05) is 18.2 Å². The highest BCUT2D eigenvalue weighted by Gasteiger charge is 2.22. The minimum Gasteiger partial charge on any atom is -0.465 e. The predicted molar refractivity (Wildman–Crippen MR) is 101 cm³/mol. The van der Waals surface area contributed by atoms with E-state index in [2.05, 4.69) is 5.32 Å². The average molecular weight is 352 g/mol. The molecule has 1 aromatic carbocycles. The summed E-state index contributed by atoms with van der Waals surface area (Å²) in [6, 6.07) is 11.2. The van der Waals surface area contributed by atoms with Crippen LogP contribution in [-0.2, 0) is 4.79 Å². The lowest BCUT2D eigenvalue weighted by Gasteiger charge is -2.31. The van der Waals surface area contributed by atoms with E-state index in [-0.39, 0.29) is 11.8 Å². The van der Waals surface area contributed by atoms with E-state index in [9.17, 15) is 9.59 Å². The van der Waals surface area contributed by atoms with Gasteiger partial charge in [-0.25, -0.2) is 0 Å². The van der Waals surface area contributed by atoms with Crippen LogP contribution in [0.15, 0.2) is 53.2 Å². The lowest BCUT2D eigenvalue weighted by atomic mass is 9.96. The van der Waals surface area contributed by atoms with Crippen molar-refractivity contribution in [2.24, 2.45) is 5.92 Å². The quantitative estimate of drug-likeness (QED) is 0.840. The summed E-state index contributed by atoms with van der Waals surface area (Å²) in [5.41, 5.74) is 1.71. The highest BCUT2D eigenvalue weighted by molar-refractivity contribution is 5.95. The molecule has 1 N–H and O–H groups in total. The van der Waals surface area contributed by atoms with E-state index in [0.29, 0.717) is 31.3 Å². The molecular weight excluding hydrogens is 328 g/mol. The molecule has 1 aliphatic heterocycles. The third-order valence-corrected chi connectivity index (χ3v) is 4.80. The first-order valence-corrected chi connectivity index (χ1v) is 8.98. The van der Waals surface area contributed by atoms with Crippen molar-refractivity contribution >= 4 is 17.9 Å². The van der Waals surface area contributed by atoms with Crippen molar-refractivity contribution < 1.29 is 14.0 Å². The second-order valence-corrected chi connectivity index (χ2v) is 6.64. The van der Waals surface area contributed by atoms with Crippen molar-refractivity contribution in [2.45, 2.75) is 19.8 Å². The molecule has 1 aromatic heterocycles. The molecule has 1 fully saturated rings. The Morgan fingerprint density at radius 2 is 1.96 bits per heavy atom. The van der Waals surface area contributed by atoms with Gasteiger partial charge in [0.15, 0.2) is 0 Å². The smallest absolute Gasteiger partial charge is 0.251 e. The van der Waals surface area contributed by atoms with Crippen LogP contribution in [0.2, 0.25) is 0 Å². The monoisotopic (exact) mass is 352 g/mol. The maximum Gasteiger partial charge on any atom is 0.251 e. The fourth-order valence-electron chi connectivity index (χ4n) is 3.16. The highest BCUT2D eigenvalue weighted by atomic mass is 16.3. The maximum absolute atomic E-state index is 12.3. The topological polar surface area (TPSA) is 62.6 Å². The van der Waals surface area contributed by atoms with Crippen LogP contribution in [0.3, 0.4) is 0 Å². The molecule has 2 aromatic rings. The molecule has 5 nitrogen and oxygen atoms in total. The zero-order valence-corrected chi connectivity index (χ0v) is 15.0. The van der Waals surface area contributed by atoms with E-state index in [1.54, 1.807) is 24.5 Å². The van der Waals surface area contributed by atoms with Crippen LogP contribution in [0.25, 0.3) is 6.08 Å². The van der Waals surface area contributed by atoms with Crippen LogP contribution < -0.4 is 5.32 Å². The molecule has 1 saturated heterocycles. The van der Waals surface area contributed by atoms with E-state index in [1.165, 1.54) is 0 Å². The maximum atomic E-state index is 12.3. The summed E-state index contributed by atoms with van der Waals surface area (Å²) in [6.07, 6.45) is 6.62. The first-order chi connectivity index (χ1) is 12.6. The van der Waals surface area contributed by atoms with Crippen LogP contribution in [-0.4, -0.2) is 36.3 Å². The Bertz CT molecular complexity index is 772. The predicted octanol–water partition coefficient (Wildman–Crippen LogP) is 3.27. The van der Waals surface area contributed by atoms with Gasteiger partial charge in [-0.15, -0.1) is 0 Å². The number of benzene rings is 1. The standard InChI is InChI=1S/C21H24N2O3/c1-16-5-2-3-7-19(16)21(25)22-15-17-10-12-23(13-11-17)20(24)9-8-18-6-4-14-26-18/h2-9,14,17H,10-13,15H2,1H3,(H,22,25)/b9-8+. The van der Waals surface area contributed by atoms with E-state index >= 15 is 0 Å². The van der Waals surface area contributed by atoms with Gasteiger partial charge < -0.3 is 14.6 Å². The highest BCUT2D eigenvalue weighted by Crippen LogP contribution is 2.17. The number of aryl methyl sites for hydroxylation is 1. The summed E-state index contributed by atoms with van der Waals surface area (Å²) in [5, 5.41) is 3.03. The number of amides is 2. The number of carbonyl (C=O) groups excluding carboxylic acids is 2. The summed E-state index contributed by atoms with van der Waals surface area (Å²) < 4.78 is 5.19. The third-order valence-electron chi connectivity index (χ3n) is 4.80. The molecule has 136 valence electrons. The van der Waals surface area contributed by atoms with Crippen LogP contribution >= 0.6 is 0 Å². The first kappa shape index (κ1) is 18.0. The fourth-order valence-corrected chi connectivity index (χ4v) is 3.16. The van der Waals surface area contributed by atoms with Crippen LogP contribution in [0.1, 0.15) is 34.5 Å². The van der Waals surface area contributed by atoms with Gasteiger partial charge in [0, 0.05) is 31.3 Å². The fraction of sp³-hybridized carbons (Fsp3) is 0.333. The van der Waals surface area contributed by atoms with E-state index in [4.69, 9.17) is 4.42 Å². The number of carbonyl (C=O) groups is 2. The van der Waals surface area contributed by atoms with Crippen molar-refractivity contribution in [1.82, 2.24) is 10.2 Å². The number of hydrogen-bond donors (Lipinski definition) is 1. The number of furan rings is 1. The summed E-state index contributed by atoms with van der Waals surface area (Å²) >= 11 is 0.